The highest BCUT2D eigenvalue weighted by atomic mass is 127. The van der Waals surface area contributed by atoms with E-state index in [4.69, 9.17) is 9.47 Å². The summed E-state index contributed by atoms with van der Waals surface area (Å²) in [5, 5.41) is 0. The minimum atomic E-state index is 0.286. The zero-order valence-corrected chi connectivity index (χ0v) is 11.2. The van der Waals surface area contributed by atoms with Crippen LogP contribution >= 0.6 is 38.5 Å². The van der Waals surface area contributed by atoms with E-state index in [-0.39, 0.29) is 6.79 Å². The van der Waals surface area contributed by atoms with Crippen LogP contribution in [-0.4, -0.2) is 13.9 Å². The molecule has 72 valence electrons. The molecule has 0 atom stereocenters. The lowest BCUT2D eigenvalue weighted by atomic mass is 10.2. The van der Waals surface area contributed by atoms with Gasteiger partial charge in [-0.1, -0.05) is 0 Å². The third kappa shape index (κ3) is 3.11. The maximum atomic E-state index is 5.37. The van der Waals surface area contributed by atoms with E-state index in [1.165, 1.54) is 3.57 Å². The Labute approximate surface area is 99.9 Å². The number of benzene rings is 1. The molecule has 0 saturated carbocycles. The predicted molar refractivity (Wildman–Crippen MR) is 64.1 cm³/mol. The van der Waals surface area contributed by atoms with Crippen molar-refractivity contribution < 1.29 is 9.47 Å². The van der Waals surface area contributed by atoms with Crippen LogP contribution in [0.1, 0.15) is 5.56 Å². The first kappa shape index (κ1) is 11.3. The minimum absolute atomic E-state index is 0.286. The number of methoxy groups -OCH3 is 1. The van der Waals surface area contributed by atoms with Gasteiger partial charge in [0.15, 0.2) is 6.79 Å². The van der Waals surface area contributed by atoms with Gasteiger partial charge in [-0.15, -0.1) is 0 Å². The highest BCUT2D eigenvalue weighted by molar-refractivity contribution is 14.1. The third-order valence-electron chi connectivity index (χ3n) is 1.55. The third-order valence-corrected chi connectivity index (χ3v) is 3.84. The molecule has 0 amide bonds. The zero-order chi connectivity index (χ0) is 9.84. The van der Waals surface area contributed by atoms with Crippen LogP contribution in [0, 0.1) is 10.5 Å². The Morgan fingerprint density at radius 2 is 2.15 bits per heavy atom. The lowest BCUT2D eigenvalue weighted by Crippen LogP contribution is -2.00. The summed E-state index contributed by atoms with van der Waals surface area (Å²) in [6.07, 6.45) is 0. The van der Waals surface area contributed by atoms with Crippen molar-refractivity contribution in [3.63, 3.8) is 0 Å². The SMILES string of the molecule is COCOc1cc(Br)c(I)cc1C. The number of halogens is 2. The number of hydrogen-bond acceptors (Lipinski definition) is 2. The molecule has 0 aliphatic heterocycles. The molecule has 0 unspecified atom stereocenters. The second-order valence-corrected chi connectivity index (χ2v) is 4.60. The smallest absolute Gasteiger partial charge is 0.188 e. The lowest BCUT2D eigenvalue weighted by molar-refractivity contribution is 0.0506. The quantitative estimate of drug-likeness (QED) is 0.610. The Balaban J connectivity index is 2.88. The van der Waals surface area contributed by atoms with Crippen LogP contribution in [0.15, 0.2) is 16.6 Å². The predicted octanol–water partition coefficient (Wildman–Crippen LogP) is 3.34. The van der Waals surface area contributed by atoms with Gasteiger partial charge in [0.2, 0.25) is 0 Å². The largest absolute Gasteiger partial charge is 0.467 e. The van der Waals surface area contributed by atoms with Crippen LogP contribution in [0.3, 0.4) is 0 Å². The molecule has 1 rings (SSSR count). The van der Waals surface area contributed by atoms with Crippen LogP contribution in [0.4, 0.5) is 0 Å². The fraction of sp³-hybridized carbons (Fsp3) is 0.333. The van der Waals surface area contributed by atoms with Gasteiger partial charge >= 0.3 is 0 Å². The first-order valence-corrected chi connectivity index (χ1v) is 5.59. The fourth-order valence-corrected chi connectivity index (χ4v) is 1.85. The van der Waals surface area contributed by atoms with Gasteiger partial charge in [0.1, 0.15) is 5.75 Å². The monoisotopic (exact) mass is 356 g/mol. The molecule has 0 aromatic heterocycles. The number of rotatable bonds is 3. The molecular weight excluding hydrogens is 347 g/mol. The first-order chi connectivity index (χ1) is 6.15. The lowest BCUT2D eigenvalue weighted by Gasteiger charge is -2.09. The molecule has 0 N–H and O–H groups in total. The molecule has 13 heavy (non-hydrogen) atoms. The van der Waals surface area contributed by atoms with E-state index in [0.717, 1.165) is 15.8 Å². The van der Waals surface area contributed by atoms with Gasteiger partial charge < -0.3 is 9.47 Å². The Morgan fingerprint density at radius 1 is 1.46 bits per heavy atom. The molecule has 0 aliphatic rings. The molecule has 0 heterocycles. The van der Waals surface area contributed by atoms with Crippen LogP contribution < -0.4 is 4.74 Å². The second kappa shape index (κ2) is 5.17. The summed E-state index contributed by atoms with van der Waals surface area (Å²) >= 11 is 5.71. The summed E-state index contributed by atoms with van der Waals surface area (Å²) in [7, 11) is 1.61. The van der Waals surface area contributed by atoms with E-state index >= 15 is 0 Å². The maximum Gasteiger partial charge on any atom is 0.188 e. The molecule has 0 radical (unpaired) electrons. The summed E-state index contributed by atoms with van der Waals surface area (Å²) in [6.45, 7) is 2.30. The molecule has 0 bridgehead atoms. The van der Waals surface area contributed by atoms with Crippen LogP contribution in [0.2, 0.25) is 0 Å². The van der Waals surface area contributed by atoms with E-state index in [1.54, 1.807) is 7.11 Å². The number of hydrogen-bond donors (Lipinski definition) is 0. The van der Waals surface area contributed by atoms with E-state index < -0.39 is 0 Å². The van der Waals surface area contributed by atoms with Gasteiger partial charge in [-0.25, -0.2) is 0 Å². The van der Waals surface area contributed by atoms with Crippen molar-refractivity contribution in [1.82, 2.24) is 0 Å². The van der Waals surface area contributed by atoms with Crippen molar-refractivity contribution in [1.29, 1.82) is 0 Å². The van der Waals surface area contributed by atoms with Crippen molar-refractivity contribution >= 4 is 38.5 Å². The second-order valence-electron chi connectivity index (χ2n) is 2.58. The topological polar surface area (TPSA) is 18.5 Å². The van der Waals surface area contributed by atoms with Gasteiger partial charge in [-0.05, 0) is 63.1 Å². The van der Waals surface area contributed by atoms with Crippen molar-refractivity contribution in [3.8, 4) is 5.75 Å². The van der Waals surface area contributed by atoms with Crippen molar-refractivity contribution in [2.45, 2.75) is 6.92 Å². The molecular formula is C9H10BrIO2. The number of aryl methyl sites for hydroxylation is 1. The van der Waals surface area contributed by atoms with Gasteiger partial charge in [-0.2, -0.15) is 0 Å². The van der Waals surface area contributed by atoms with Gasteiger partial charge in [0, 0.05) is 15.2 Å². The molecule has 2 nitrogen and oxygen atoms in total. The van der Waals surface area contributed by atoms with Gasteiger partial charge in [0.05, 0.1) is 0 Å². The Morgan fingerprint density at radius 3 is 2.77 bits per heavy atom. The highest BCUT2D eigenvalue weighted by Crippen LogP contribution is 2.28. The van der Waals surface area contributed by atoms with E-state index in [9.17, 15) is 0 Å². The molecule has 0 fully saturated rings. The minimum Gasteiger partial charge on any atom is -0.467 e. The summed E-state index contributed by atoms with van der Waals surface area (Å²) < 4.78 is 12.4. The Hall–Kier alpha value is 0.190. The molecule has 1 aromatic rings. The number of ether oxygens (including phenoxy) is 2. The van der Waals surface area contributed by atoms with Crippen LogP contribution in [0.5, 0.6) is 5.75 Å². The average molecular weight is 357 g/mol. The van der Waals surface area contributed by atoms with E-state index in [2.05, 4.69) is 44.6 Å². The van der Waals surface area contributed by atoms with Crippen molar-refractivity contribution in [2.24, 2.45) is 0 Å². The van der Waals surface area contributed by atoms with Gasteiger partial charge in [0.25, 0.3) is 0 Å². The summed E-state index contributed by atoms with van der Waals surface area (Å²) in [6, 6.07) is 4.02. The van der Waals surface area contributed by atoms with Gasteiger partial charge in [-0.3, -0.25) is 0 Å². The normalized spacial score (nSPS) is 10.2. The zero-order valence-electron chi connectivity index (χ0n) is 7.43. The van der Waals surface area contributed by atoms with Crippen LogP contribution in [0.25, 0.3) is 0 Å². The Bertz CT molecular complexity index is 302. The summed E-state index contributed by atoms with van der Waals surface area (Å²) in [4.78, 5) is 0. The molecule has 0 saturated heterocycles. The Kier molecular flexibility index (Phi) is 4.48. The molecule has 0 aliphatic carbocycles. The van der Waals surface area contributed by atoms with E-state index in [0.29, 0.717) is 0 Å². The van der Waals surface area contributed by atoms with E-state index in [1.807, 2.05) is 13.0 Å². The maximum absolute atomic E-state index is 5.37. The first-order valence-electron chi connectivity index (χ1n) is 3.72. The average Bonchev–Trinajstić information content (AvgIpc) is 2.09. The molecule has 0 spiro atoms. The van der Waals surface area contributed by atoms with Crippen LogP contribution in [-0.2, 0) is 4.74 Å². The fourth-order valence-electron chi connectivity index (χ4n) is 0.906. The van der Waals surface area contributed by atoms with Crippen molar-refractivity contribution in [3.05, 3.63) is 25.7 Å². The van der Waals surface area contributed by atoms with Crippen molar-refractivity contribution in [2.75, 3.05) is 13.9 Å². The highest BCUT2D eigenvalue weighted by Gasteiger charge is 2.03. The molecule has 4 heteroatoms. The summed E-state index contributed by atoms with van der Waals surface area (Å²) in [5.74, 6) is 0.856. The molecule has 1 aromatic carbocycles. The standard InChI is InChI=1S/C9H10BrIO2/c1-6-3-8(11)7(10)4-9(6)13-5-12-2/h3-4H,5H2,1-2H3. The summed E-state index contributed by atoms with van der Waals surface area (Å²) in [5.41, 5.74) is 1.12.